The largest absolute Gasteiger partial charge is 0.373 e. The number of hydrogen-bond acceptors (Lipinski definition) is 4. The van der Waals surface area contributed by atoms with Crippen molar-refractivity contribution in [3.05, 3.63) is 59.9 Å². The summed E-state index contributed by atoms with van der Waals surface area (Å²) >= 11 is 0. The normalized spacial score (nSPS) is 21.0. The van der Waals surface area contributed by atoms with Gasteiger partial charge in [-0.25, -0.2) is 12.8 Å². The monoisotopic (exact) mass is 392 g/mol. The number of anilines is 1. The fraction of sp³-hybridized carbons (Fsp3) is 0.316. The van der Waals surface area contributed by atoms with Gasteiger partial charge in [0.15, 0.2) is 0 Å². The van der Waals surface area contributed by atoms with Gasteiger partial charge in [-0.1, -0.05) is 12.1 Å². The molecule has 1 aliphatic heterocycles. The van der Waals surface area contributed by atoms with Gasteiger partial charge in [-0.3, -0.25) is 4.79 Å². The molecule has 2 aromatic carbocycles. The van der Waals surface area contributed by atoms with Gasteiger partial charge in [-0.15, -0.1) is 0 Å². The van der Waals surface area contributed by atoms with Crippen LogP contribution in [0.1, 0.15) is 24.2 Å². The Labute approximate surface area is 158 Å². The highest BCUT2D eigenvalue weighted by Crippen LogP contribution is 2.22. The summed E-state index contributed by atoms with van der Waals surface area (Å²) < 4.78 is 46.2. The first kappa shape index (κ1) is 19.5. The lowest BCUT2D eigenvalue weighted by molar-refractivity contribution is -0.0440. The Morgan fingerprint density at radius 3 is 2.26 bits per heavy atom. The summed E-state index contributed by atoms with van der Waals surface area (Å²) in [6.45, 7) is 4.22. The smallest absolute Gasteiger partial charge is 0.255 e. The van der Waals surface area contributed by atoms with Crippen LogP contribution in [-0.2, 0) is 14.8 Å². The quantitative estimate of drug-likeness (QED) is 0.868. The van der Waals surface area contributed by atoms with Crippen LogP contribution in [-0.4, -0.2) is 43.9 Å². The fourth-order valence-electron chi connectivity index (χ4n) is 3.01. The SMILES string of the molecule is C[C@@H]1CN(S(=O)(=O)c2ccc(C(=O)Nc3ccccc3F)cc2)C[C@H](C)O1. The van der Waals surface area contributed by atoms with E-state index < -0.39 is 21.7 Å². The first-order chi connectivity index (χ1) is 12.8. The number of carbonyl (C=O) groups excluding carboxylic acids is 1. The molecule has 1 fully saturated rings. The second-order valence-electron chi connectivity index (χ2n) is 6.54. The molecule has 2 atom stereocenters. The van der Waals surface area contributed by atoms with E-state index in [2.05, 4.69) is 5.32 Å². The van der Waals surface area contributed by atoms with E-state index in [9.17, 15) is 17.6 Å². The van der Waals surface area contributed by atoms with Crippen molar-refractivity contribution in [1.82, 2.24) is 4.31 Å². The van der Waals surface area contributed by atoms with Crippen LogP contribution in [0, 0.1) is 5.82 Å². The molecular weight excluding hydrogens is 371 g/mol. The minimum Gasteiger partial charge on any atom is -0.373 e. The molecule has 1 saturated heterocycles. The Hall–Kier alpha value is -2.29. The van der Waals surface area contributed by atoms with E-state index in [1.165, 1.54) is 46.8 Å². The maximum absolute atomic E-state index is 13.6. The molecule has 0 spiro atoms. The standard InChI is InChI=1S/C19H21FN2O4S/c1-13-11-22(12-14(2)26-13)27(24,25)16-9-7-15(8-10-16)19(23)21-18-6-4-3-5-17(18)20/h3-10,13-14H,11-12H2,1-2H3,(H,21,23)/t13-,14+. The Morgan fingerprint density at radius 1 is 1.07 bits per heavy atom. The van der Waals surface area contributed by atoms with Crippen molar-refractivity contribution in [2.24, 2.45) is 0 Å². The summed E-state index contributed by atoms with van der Waals surface area (Å²) in [7, 11) is -3.67. The molecule has 0 unspecified atom stereocenters. The molecule has 8 heteroatoms. The number of carbonyl (C=O) groups is 1. The first-order valence-electron chi connectivity index (χ1n) is 8.59. The predicted octanol–water partition coefficient (Wildman–Crippen LogP) is 2.88. The average Bonchev–Trinajstić information content (AvgIpc) is 2.63. The van der Waals surface area contributed by atoms with Gasteiger partial charge in [0.25, 0.3) is 5.91 Å². The van der Waals surface area contributed by atoms with E-state index in [-0.39, 0.29) is 41.4 Å². The van der Waals surface area contributed by atoms with Gasteiger partial charge < -0.3 is 10.1 Å². The van der Waals surface area contributed by atoms with Crippen LogP contribution in [0.4, 0.5) is 10.1 Å². The fourth-order valence-corrected chi connectivity index (χ4v) is 4.60. The molecule has 3 rings (SSSR count). The number of amides is 1. The van der Waals surface area contributed by atoms with Gasteiger partial charge in [0, 0.05) is 18.7 Å². The number of sulfonamides is 1. The zero-order valence-electron chi connectivity index (χ0n) is 15.1. The van der Waals surface area contributed by atoms with Crippen molar-refractivity contribution in [3.8, 4) is 0 Å². The lowest BCUT2D eigenvalue weighted by Crippen LogP contribution is -2.48. The Balaban J connectivity index is 1.76. The number of ether oxygens (including phenoxy) is 1. The molecule has 6 nitrogen and oxygen atoms in total. The lowest BCUT2D eigenvalue weighted by Gasteiger charge is -2.34. The van der Waals surface area contributed by atoms with E-state index in [4.69, 9.17) is 4.74 Å². The highest BCUT2D eigenvalue weighted by Gasteiger charge is 2.32. The maximum Gasteiger partial charge on any atom is 0.255 e. The van der Waals surface area contributed by atoms with Crippen LogP contribution in [0.25, 0.3) is 0 Å². The van der Waals surface area contributed by atoms with Gasteiger partial charge in [-0.2, -0.15) is 4.31 Å². The first-order valence-corrected chi connectivity index (χ1v) is 10.0. The second-order valence-corrected chi connectivity index (χ2v) is 8.48. The van der Waals surface area contributed by atoms with Crippen molar-refractivity contribution in [3.63, 3.8) is 0 Å². The zero-order valence-corrected chi connectivity index (χ0v) is 15.9. The summed E-state index contributed by atoms with van der Waals surface area (Å²) in [4.78, 5) is 12.4. The average molecular weight is 392 g/mol. The second kappa shape index (κ2) is 7.75. The number of hydrogen-bond donors (Lipinski definition) is 1. The third-order valence-electron chi connectivity index (χ3n) is 4.26. The molecule has 27 heavy (non-hydrogen) atoms. The molecule has 1 amide bonds. The van der Waals surface area contributed by atoms with Crippen LogP contribution in [0.2, 0.25) is 0 Å². The molecule has 0 aliphatic carbocycles. The minimum absolute atomic E-state index is 0.0653. The van der Waals surface area contributed by atoms with Crippen molar-refractivity contribution < 1.29 is 22.3 Å². The number of benzene rings is 2. The van der Waals surface area contributed by atoms with Crippen molar-refractivity contribution in [2.45, 2.75) is 31.0 Å². The number of rotatable bonds is 4. The number of nitrogens with one attached hydrogen (secondary N) is 1. The van der Waals surface area contributed by atoms with Gasteiger partial charge in [0.05, 0.1) is 22.8 Å². The minimum atomic E-state index is -3.67. The molecular formula is C19H21FN2O4S. The number of nitrogens with zero attached hydrogens (tertiary/aromatic N) is 1. The topological polar surface area (TPSA) is 75.7 Å². The molecule has 0 bridgehead atoms. The number of para-hydroxylation sites is 1. The third-order valence-corrected chi connectivity index (χ3v) is 6.11. The van der Waals surface area contributed by atoms with Crippen molar-refractivity contribution >= 4 is 21.6 Å². The van der Waals surface area contributed by atoms with Crippen molar-refractivity contribution in [1.29, 1.82) is 0 Å². The van der Waals surface area contributed by atoms with Crippen LogP contribution in [0.3, 0.4) is 0 Å². The van der Waals surface area contributed by atoms with Gasteiger partial charge in [0.2, 0.25) is 10.0 Å². The molecule has 1 aliphatic rings. The molecule has 1 N–H and O–H groups in total. The summed E-state index contributed by atoms with van der Waals surface area (Å²) in [5, 5.41) is 2.47. The van der Waals surface area contributed by atoms with E-state index in [1.54, 1.807) is 6.07 Å². The Kier molecular flexibility index (Phi) is 5.59. The van der Waals surface area contributed by atoms with Crippen LogP contribution in [0.5, 0.6) is 0 Å². The van der Waals surface area contributed by atoms with Gasteiger partial charge >= 0.3 is 0 Å². The highest BCUT2D eigenvalue weighted by molar-refractivity contribution is 7.89. The van der Waals surface area contributed by atoms with E-state index in [0.29, 0.717) is 0 Å². The van der Waals surface area contributed by atoms with Crippen LogP contribution < -0.4 is 5.32 Å². The summed E-state index contributed by atoms with van der Waals surface area (Å²) in [5.74, 6) is -1.06. The van der Waals surface area contributed by atoms with E-state index >= 15 is 0 Å². The Bertz CT molecular complexity index is 921. The highest BCUT2D eigenvalue weighted by atomic mass is 32.2. The third kappa shape index (κ3) is 4.35. The molecule has 144 valence electrons. The van der Waals surface area contributed by atoms with Crippen LogP contribution >= 0.6 is 0 Å². The summed E-state index contributed by atoms with van der Waals surface area (Å²) in [6, 6.07) is 11.4. The Morgan fingerprint density at radius 2 is 1.67 bits per heavy atom. The summed E-state index contributed by atoms with van der Waals surface area (Å²) in [5.41, 5.74) is 0.302. The van der Waals surface area contributed by atoms with E-state index in [1.807, 2.05) is 13.8 Å². The van der Waals surface area contributed by atoms with Crippen LogP contribution in [0.15, 0.2) is 53.4 Å². The molecule has 1 heterocycles. The molecule has 0 saturated carbocycles. The number of halogens is 1. The van der Waals surface area contributed by atoms with Gasteiger partial charge in [0.1, 0.15) is 5.82 Å². The van der Waals surface area contributed by atoms with E-state index in [0.717, 1.165) is 0 Å². The molecule has 0 radical (unpaired) electrons. The maximum atomic E-state index is 13.6. The predicted molar refractivity (Wildman–Crippen MR) is 99.6 cm³/mol. The zero-order chi connectivity index (χ0) is 19.6. The van der Waals surface area contributed by atoms with Gasteiger partial charge in [-0.05, 0) is 50.2 Å². The number of morpholine rings is 1. The molecule has 2 aromatic rings. The summed E-state index contributed by atoms with van der Waals surface area (Å²) in [6.07, 6.45) is -0.372. The van der Waals surface area contributed by atoms with Crippen molar-refractivity contribution in [2.75, 3.05) is 18.4 Å². The lowest BCUT2D eigenvalue weighted by atomic mass is 10.2. The molecule has 0 aromatic heterocycles.